The van der Waals surface area contributed by atoms with Crippen LogP contribution in [0.15, 0.2) is 84.4 Å². The van der Waals surface area contributed by atoms with Gasteiger partial charge in [-0.15, -0.1) is 0 Å². The van der Waals surface area contributed by atoms with E-state index in [1.54, 1.807) is 49.4 Å². The highest BCUT2D eigenvalue weighted by Crippen LogP contribution is 2.65. The molecule has 6 atom stereocenters. The molecule has 0 aromatic heterocycles. The van der Waals surface area contributed by atoms with E-state index < -0.39 is 63.6 Å². The number of phenolic OH excluding ortho intramolecular Hbond substituents is 1. The van der Waals surface area contributed by atoms with E-state index in [9.17, 15) is 34.4 Å². The third kappa shape index (κ3) is 3.89. The highest BCUT2D eigenvalue weighted by Gasteiger charge is 2.68. The van der Waals surface area contributed by atoms with Gasteiger partial charge in [-0.1, -0.05) is 35.9 Å². The van der Waals surface area contributed by atoms with Crippen LogP contribution in [0.5, 0.6) is 11.5 Å². The van der Waals surface area contributed by atoms with E-state index in [4.69, 9.17) is 4.74 Å². The Morgan fingerprint density at radius 2 is 1.56 bits per heavy atom. The van der Waals surface area contributed by atoms with Crippen molar-refractivity contribution in [3.8, 4) is 11.5 Å². The Morgan fingerprint density at radius 3 is 2.22 bits per heavy atom. The van der Waals surface area contributed by atoms with Gasteiger partial charge in [0.25, 0.3) is 5.69 Å². The molecule has 228 valence electrons. The molecule has 0 bridgehead atoms. The summed E-state index contributed by atoms with van der Waals surface area (Å²) in [7, 11) is 1.46. The number of allylic oxidation sites excluding steroid dienone is 2. The number of anilines is 2. The Morgan fingerprint density at radius 1 is 0.867 bits per heavy atom. The maximum absolute atomic E-state index is 14.5. The van der Waals surface area contributed by atoms with Crippen molar-refractivity contribution in [2.45, 2.75) is 25.7 Å². The summed E-state index contributed by atoms with van der Waals surface area (Å²) in [6.45, 7) is 1.74. The van der Waals surface area contributed by atoms with Gasteiger partial charge in [0.05, 0.1) is 46.6 Å². The quantitative estimate of drug-likeness (QED) is 0.189. The molecule has 45 heavy (non-hydrogen) atoms. The van der Waals surface area contributed by atoms with Gasteiger partial charge in [-0.2, -0.15) is 0 Å². The Kier molecular flexibility index (Phi) is 6.40. The number of carbonyl (C=O) groups excluding carboxylic acids is 4. The van der Waals surface area contributed by atoms with Crippen LogP contribution in [0.25, 0.3) is 0 Å². The van der Waals surface area contributed by atoms with E-state index in [2.05, 4.69) is 0 Å². The number of benzene rings is 3. The van der Waals surface area contributed by atoms with Crippen LogP contribution in [0.3, 0.4) is 0 Å². The molecule has 2 aliphatic carbocycles. The van der Waals surface area contributed by atoms with E-state index in [0.717, 1.165) is 4.90 Å². The number of nitrogens with zero attached hydrogens (tertiary/aromatic N) is 3. The third-order valence-electron chi connectivity index (χ3n) is 10.2. The first-order valence-corrected chi connectivity index (χ1v) is 14.7. The van der Waals surface area contributed by atoms with Crippen LogP contribution >= 0.6 is 0 Å². The Labute approximate surface area is 257 Å². The molecule has 11 nitrogen and oxygen atoms in total. The normalized spacial score (nSPS) is 28.8. The number of rotatable bonds is 5. The average molecular weight is 608 g/mol. The van der Waals surface area contributed by atoms with Gasteiger partial charge in [-0.05, 0) is 62.1 Å². The fourth-order valence-electron chi connectivity index (χ4n) is 8.12. The maximum atomic E-state index is 14.5. The van der Waals surface area contributed by atoms with Crippen molar-refractivity contribution in [3.63, 3.8) is 0 Å². The molecular formula is C34H29N3O8. The number of nitro groups is 1. The SMILES string of the molecule is COc1cccc(O)c1[C@H]1C2=CC[C@@H]3C(=O)N(c4ccc([N+](=O)[O-])cc4)C(=O)[C@@H]3[C@@H]2C[C@H]2C(=O)N(c3ccccc3)C(=O)[C@@]12C. The Bertz CT molecular complexity index is 1820. The number of amides is 4. The Hall–Kier alpha value is -5.32. The van der Waals surface area contributed by atoms with Crippen molar-refractivity contribution in [1.29, 1.82) is 0 Å². The molecule has 1 saturated carbocycles. The third-order valence-corrected chi connectivity index (χ3v) is 10.2. The van der Waals surface area contributed by atoms with Crippen LogP contribution in [0.2, 0.25) is 0 Å². The number of non-ortho nitro benzene ring substituents is 1. The monoisotopic (exact) mass is 607 g/mol. The second kappa shape index (κ2) is 10.1. The number of methoxy groups -OCH3 is 1. The number of fused-ring (bicyclic) bond motifs is 4. The second-order valence-corrected chi connectivity index (χ2v) is 12.2. The summed E-state index contributed by atoms with van der Waals surface area (Å²) in [6.07, 6.45) is 2.25. The predicted molar refractivity (Wildman–Crippen MR) is 161 cm³/mol. The first-order chi connectivity index (χ1) is 21.6. The van der Waals surface area contributed by atoms with Gasteiger partial charge < -0.3 is 9.84 Å². The topological polar surface area (TPSA) is 147 Å². The van der Waals surface area contributed by atoms with Crippen LogP contribution in [0, 0.1) is 39.2 Å². The molecule has 0 radical (unpaired) electrons. The van der Waals surface area contributed by atoms with Crippen molar-refractivity contribution in [3.05, 3.63) is 100 Å². The summed E-state index contributed by atoms with van der Waals surface area (Å²) >= 11 is 0. The second-order valence-electron chi connectivity index (χ2n) is 12.2. The molecule has 4 amide bonds. The molecule has 0 spiro atoms. The van der Waals surface area contributed by atoms with Gasteiger partial charge in [0.15, 0.2) is 0 Å². The lowest BCUT2D eigenvalue weighted by molar-refractivity contribution is -0.384. The Balaban J connectivity index is 1.37. The van der Waals surface area contributed by atoms with Crippen molar-refractivity contribution in [2.75, 3.05) is 16.9 Å². The maximum Gasteiger partial charge on any atom is 0.269 e. The highest BCUT2D eigenvalue weighted by atomic mass is 16.6. The van der Waals surface area contributed by atoms with Crippen LogP contribution in [-0.2, 0) is 19.2 Å². The molecule has 4 aliphatic rings. The first kappa shape index (κ1) is 28.5. The number of aromatic hydroxyl groups is 1. The minimum absolute atomic E-state index is 0.109. The standard InChI is InChI=1S/C34H29N3O8/c1-34-24(31(40)36(33(34)42)18-7-4-3-5-8-18)17-23-21(29(34)28-25(38)9-6-10-26(28)45-2)15-16-22-27(23)32(41)35(30(22)39)19-11-13-20(14-12-19)37(43)44/h3-15,22-24,27,29,38H,16-17H2,1-2H3/t22-,23+,24-,27-,29+,34+/m0/s1. The summed E-state index contributed by atoms with van der Waals surface area (Å²) in [5, 5.41) is 22.5. The molecule has 2 aliphatic heterocycles. The number of imide groups is 2. The number of hydrogen-bond acceptors (Lipinski definition) is 8. The van der Waals surface area contributed by atoms with Crippen molar-refractivity contribution in [2.24, 2.45) is 29.1 Å². The van der Waals surface area contributed by atoms with Crippen LogP contribution < -0.4 is 14.5 Å². The number of hydrogen-bond donors (Lipinski definition) is 1. The van der Waals surface area contributed by atoms with Crippen molar-refractivity contribution >= 4 is 40.7 Å². The lowest BCUT2D eigenvalue weighted by Gasteiger charge is -2.49. The fraction of sp³-hybridized carbons (Fsp3) is 0.294. The smallest absolute Gasteiger partial charge is 0.269 e. The summed E-state index contributed by atoms with van der Waals surface area (Å²) in [5.41, 5.74) is 0.209. The summed E-state index contributed by atoms with van der Waals surface area (Å²) in [6, 6.07) is 18.7. The first-order valence-electron chi connectivity index (χ1n) is 14.7. The van der Waals surface area contributed by atoms with Gasteiger partial charge in [0, 0.05) is 23.6 Å². The molecule has 3 fully saturated rings. The molecule has 3 aromatic carbocycles. The molecule has 7 rings (SSSR count). The van der Waals surface area contributed by atoms with Crippen molar-refractivity contribution < 1.29 is 33.9 Å². The summed E-state index contributed by atoms with van der Waals surface area (Å²) < 4.78 is 5.68. The number of ether oxygens (including phenoxy) is 1. The molecule has 2 saturated heterocycles. The molecular weight excluding hydrogens is 578 g/mol. The predicted octanol–water partition coefficient (Wildman–Crippen LogP) is 4.74. The fourth-order valence-corrected chi connectivity index (χ4v) is 8.12. The van der Waals surface area contributed by atoms with Gasteiger partial charge >= 0.3 is 0 Å². The summed E-state index contributed by atoms with van der Waals surface area (Å²) in [5.74, 6) is -5.30. The molecule has 2 heterocycles. The minimum atomic E-state index is -1.34. The van der Waals surface area contributed by atoms with E-state index in [1.807, 2.05) is 6.08 Å². The number of para-hydroxylation sites is 1. The number of phenols is 1. The van der Waals surface area contributed by atoms with E-state index in [-0.39, 0.29) is 30.0 Å². The number of nitro benzene ring substituents is 1. The molecule has 1 N–H and O–H groups in total. The van der Waals surface area contributed by atoms with Gasteiger partial charge in [0.2, 0.25) is 23.6 Å². The molecule has 3 aromatic rings. The van der Waals surface area contributed by atoms with E-state index in [0.29, 0.717) is 22.6 Å². The zero-order valence-electron chi connectivity index (χ0n) is 24.5. The minimum Gasteiger partial charge on any atom is -0.508 e. The molecule has 11 heteroatoms. The lowest BCUT2D eigenvalue weighted by Crippen LogP contribution is -2.49. The average Bonchev–Trinajstić information content (AvgIpc) is 3.41. The van der Waals surface area contributed by atoms with Crippen LogP contribution in [0.4, 0.5) is 17.1 Å². The zero-order valence-corrected chi connectivity index (χ0v) is 24.5. The van der Waals surface area contributed by atoms with Gasteiger partial charge in [0.1, 0.15) is 11.5 Å². The van der Waals surface area contributed by atoms with E-state index in [1.165, 1.54) is 42.3 Å². The van der Waals surface area contributed by atoms with Gasteiger partial charge in [-0.25, -0.2) is 4.90 Å². The van der Waals surface area contributed by atoms with Gasteiger partial charge in [-0.3, -0.25) is 34.2 Å². The van der Waals surface area contributed by atoms with Crippen LogP contribution in [-0.4, -0.2) is 40.8 Å². The lowest BCUT2D eigenvalue weighted by atomic mass is 9.51. The number of carbonyl (C=O) groups is 4. The largest absolute Gasteiger partial charge is 0.508 e. The molecule has 0 unspecified atom stereocenters. The highest BCUT2D eigenvalue weighted by molar-refractivity contribution is 6.25. The summed E-state index contributed by atoms with van der Waals surface area (Å²) in [4.78, 5) is 69.5. The van der Waals surface area contributed by atoms with Crippen LogP contribution in [0.1, 0.15) is 31.2 Å². The van der Waals surface area contributed by atoms with Crippen molar-refractivity contribution in [1.82, 2.24) is 0 Å². The zero-order chi connectivity index (χ0) is 31.8. The van der Waals surface area contributed by atoms with E-state index >= 15 is 0 Å².